The zero-order chi connectivity index (χ0) is 19.4. The van der Waals surface area contributed by atoms with Crippen molar-refractivity contribution in [3.05, 3.63) is 93.5 Å². The standard InChI is InChI=1S/C21H15Cl2NO3/c22-17-9-15(10-18(23)11-17)20(25)24-12-16-8-14(6-7-19(16)21(26)27)13-4-2-1-3-5-13/h1-11H,12H2,(H,24,25)(H,26,27). The molecule has 0 aromatic heterocycles. The molecule has 0 aliphatic rings. The molecular formula is C21H15Cl2NO3. The van der Waals surface area contributed by atoms with Crippen molar-refractivity contribution in [2.45, 2.75) is 6.54 Å². The van der Waals surface area contributed by atoms with E-state index in [9.17, 15) is 14.7 Å². The van der Waals surface area contributed by atoms with E-state index in [-0.39, 0.29) is 18.0 Å². The molecule has 0 radical (unpaired) electrons. The van der Waals surface area contributed by atoms with Crippen LogP contribution in [0.3, 0.4) is 0 Å². The molecule has 0 atom stereocenters. The Kier molecular flexibility index (Phi) is 5.79. The summed E-state index contributed by atoms with van der Waals surface area (Å²) < 4.78 is 0. The van der Waals surface area contributed by atoms with E-state index in [1.54, 1.807) is 18.2 Å². The summed E-state index contributed by atoms with van der Waals surface area (Å²) in [6.07, 6.45) is 0. The second-order valence-electron chi connectivity index (χ2n) is 5.88. The van der Waals surface area contributed by atoms with E-state index in [4.69, 9.17) is 23.2 Å². The van der Waals surface area contributed by atoms with Crippen LogP contribution in [0.15, 0.2) is 66.7 Å². The molecule has 3 rings (SSSR count). The van der Waals surface area contributed by atoms with Crippen LogP contribution in [-0.2, 0) is 6.54 Å². The Labute approximate surface area is 166 Å². The van der Waals surface area contributed by atoms with Crippen LogP contribution >= 0.6 is 23.2 Å². The maximum absolute atomic E-state index is 12.4. The van der Waals surface area contributed by atoms with E-state index in [0.717, 1.165) is 11.1 Å². The number of aromatic carboxylic acids is 1. The van der Waals surface area contributed by atoms with Crippen LogP contribution in [0.25, 0.3) is 11.1 Å². The summed E-state index contributed by atoms with van der Waals surface area (Å²) in [5, 5.41) is 12.9. The predicted molar refractivity (Wildman–Crippen MR) is 106 cm³/mol. The lowest BCUT2D eigenvalue weighted by Gasteiger charge is -2.11. The minimum absolute atomic E-state index is 0.0608. The Bertz CT molecular complexity index is 983. The third-order valence-corrected chi connectivity index (χ3v) is 4.44. The summed E-state index contributed by atoms with van der Waals surface area (Å²) in [5.41, 5.74) is 2.78. The Balaban J connectivity index is 1.86. The number of carbonyl (C=O) groups is 2. The van der Waals surface area contributed by atoms with Gasteiger partial charge in [-0.2, -0.15) is 0 Å². The minimum Gasteiger partial charge on any atom is -0.478 e. The average molecular weight is 400 g/mol. The van der Waals surface area contributed by atoms with Gasteiger partial charge in [0.25, 0.3) is 5.91 Å². The fourth-order valence-electron chi connectivity index (χ4n) is 2.72. The molecule has 1 amide bonds. The van der Waals surface area contributed by atoms with Crippen LogP contribution < -0.4 is 5.32 Å². The topological polar surface area (TPSA) is 66.4 Å². The third kappa shape index (κ3) is 4.67. The number of carboxylic acids is 1. The fraction of sp³-hybridized carbons (Fsp3) is 0.0476. The van der Waals surface area contributed by atoms with Crippen LogP contribution in [0.2, 0.25) is 10.0 Å². The van der Waals surface area contributed by atoms with Gasteiger partial charge in [0, 0.05) is 22.2 Å². The molecule has 0 saturated carbocycles. The fourth-order valence-corrected chi connectivity index (χ4v) is 3.25. The molecule has 0 unspecified atom stereocenters. The van der Waals surface area contributed by atoms with E-state index in [1.807, 2.05) is 30.3 Å². The van der Waals surface area contributed by atoms with Crippen LogP contribution in [0.4, 0.5) is 0 Å². The molecule has 0 fully saturated rings. The highest BCUT2D eigenvalue weighted by Gasteiger charge is 2.14. The van der Waals surface area contributed by atoms with Gasteiger partial charge in [-0.25, -0.2) is 4.79 Å². The summed E-state index contributed by atoms with van der Waals surface area (Å²) in [4.78, 5) is 23.9. The van der Waals surface area contributed by atoms with Gasteiger partial charge in [0.05, 0.1) is 5.56 Å². The normalized spacial score (nSPS) is 10.4. The van der Waals surface area contributed by atoms with Gasteiger partial charge in [0.2, 0.25) is 0 Å². The molecule has 27 heavy (non-hydrogen) atoms. The van der Waals surface area contributed by atoms with Crippen LogP contribution in [0.1, 0.15) is 26.3 Å². The van der Waals surface area contributed by atoms with E-state index in [0.29, 0.717) is 21.2 Å². The molecule has 0 aliphatic heterocycles. The molecule has 2 N–H and O–H groups in total. The molecule has 3 aromatic carbocycles. The van der Waals surface area contributed by atoms with Gasteiger partial charge in [0.15, 0.2) is 0 Å². The molecule has 0 spiro atoms. The minimum atomic E-state index is -1.05. The first-order valence-electron chi connectivity index (χ1n) is 8.10. The summed E-state index contributed by atoms with van der Waals surface area (Å²) in [6, 6.07) is 19.2. The molecule has 6 heteroatoms. The highest BCUT2D eigenvalue weighted by molar-refractivity contribution is 6.35. The molecule has 4 nitrogen and oxygen atoms in total. The number of nitrogens with one attached hydrogen (secondary N) is 1. The highest BCUT2D eigenvalue weighted by atomic mass is 35.5. The Morgan fingerprint density at radius 1 is 0.852 bits per heavy atom. The molecule has 3 aromatic rings. The van der Waals surface area contributed by atoms with Gasteiger partial charge >= 0.3 is 5.97 Å². The number of rotatable bonds is 5. The first-order chi connectivity index (χ1) is 12.9. The SMILES string of the molecule is O=C(NCc1cc(-c2ccccc2)ccc1C(=O)O)c1cc(Cl)cc(Cl)c1. The number of carbonyl (C=O) groups excluding carboxylic acids is 1. The van der Waals surface area contributed by atoms with Gasteiger partial charge in [-0.3, -0.25) is 4.79 Å². The van der Waals surface area contributed by atoms with Crippen molar-refractivity contribution < 1.29 is 14.7 Å². The smallest absolute Gasteiger partial charge is 0.336 e. The maximum Gasteiger partial charge on any atom is 0.336 e. The lowest BCUT2D eigenvalue weighted by atomic mass is 9.99. The van der Waals surface area contributed by atoms with E-state index >= 15 is 0 Å². The van der Waals surface area contributed by atoms with Gasteiger partial charge in [-0.15, -0.1) is 0 Å². The quantitative estimate of drug-likeness (QED) is 0.612. The van der Waals surface area contributed by atoms with E-state index in [1.165, 1.54) is 18.2 Å². The monoisotopic (exact) mass is 399 g/mol. The Hall–Kier alpha value is -2.82. The van der Waals surface area contributed by atoms with Crippen LogP contribution in [0.5, 0.6) is 0 Å². The molecule has 0 heterocycles. The van der Waals surface area contributed by atoms with Crippen molar-refractivity contribution in [2.75, 3.05) is 0 Å². The van der Waals surface area contributed by atoms with Crippen LogP contribution in [0, 0.1) is 0 Å². The van der Waals surface area contributed by atoms with E-state index in [2.05, 4.69) is 5.32 Å². The molecule has 136 valence electrons. The van der Waals surface area contributed by atoms with Crippen molar-refractivity contribution in [3.8, 4) is 11.1 Å². The van der Waals surface area contributed by atoms with Gasteiger partial charge in [0.1, 0.15) is 0 Å². The second kappa shape index (κ2) is 8.25. The number of benzene rings is 3. The lowest BCUT2D eigenvalue weighted by molar-refractivity contribution is 0.0694. The van der Waals surface area contributed by atoms with Crippen molar-refractivity contribution in [2.24, 2.45) is 0 Å². The molecule has 0 bridgehead atoms. The van der Waals surface area contributed by atoms with Gasteiger partial charge in [-0.05, 0) is 47.0 Å². The van der Waals surface area contributed by atoms with Crippen molar-refractivity contribution >= 4 is 35.1 Å². The average Bonchev–Trinajstić information content (AvgIpc) is 2.65. The number of carboxylic acid groups (broad SMARTS) is 1. The third-order valence-electron chi connectivity index (χ3n) is 4.01. The second-order valence-corrected chi connectivity index (χ2v) is 6.76. The number of amides is 1. The Morgan fingerprint density at radius 3 is 2.15 bits per heavy atom. The summed E-state index contributed by atoms with van der Waals surface area (Å²) >= 11 is 11.8. The highest BCUT2D eigenvalue weighted by Crippen LogP contribution is 2.23. The number of halogens is 2. The number of hydrogen-bond donors (Lipinski definition) is 2. The zero-order valence-electron chi connectivity index (χ0n) is 14.1. The van der Waals surface area contributed by atoms with Gasteiger partial charge in [-0.1, -0.05) is 59.6 Å². The molecular weight excluding hydrogens is 385 g/mol. The van der Waals surface area contributed by atoms with Gasteiger partial charge < -0.3 is 10.4 Å². The number of hydrogen-bond acceptors (Lipinski definition) is 2. The summed E-state index contributed by atoms with van der Waals surface area (Å²) in [7, 11) is 0. The first-order valence-corrected chi connectivity index (χ1v) is 8.85. The predicted octanol–water partition coefficient (Wildman–Crippen LogP) is 5.29. The molecule has 0 aliphatic carbocycles. The zero-order valence-corrected chi connectivity index (χ0v) is 15.6. The maximum atomic E-state index is 12.4. The van der Waals surface area contributed by atoms with E-state index < -0.39 is 5.97 Å². The first kappa shape index (κ1) is 19.0. The lowest BCUT2D eigenvalue weighted by Crippen LogP contribution is -2.24. The molecule has 0 saturated heterocycles. The largest absolute Gasteiger partial charge is 0.478 e. The van der Waals surface area contributed by atoms with Crippen molar-refractivity contribution in [3.63, 3.8) is 0 Å². The Morgan fingerprint density at radius 2 is 1.52 bits per heavy atom. The van der Waals surface area contributed by atoms with Crippen molar-refractivity contribution in [1.29, 1.82) is 0 Å². The summed E-state index contributed by atoms with van der Waals surface area (Å²) in [6.45, 7) is 0.0608. The van der Waals surface area contributed by atoms with Crippen molar-refractivity contribution in [1.82, 2.24) is 5.32 Å². The van der Waals surface area contributed by atoms with Crippen LogP contribution in [-0.4, -0.2) is 17.0 Å². The summed E-state index contributed by atoms with van der Waals surface area (Å²) in [5.74, 6) is -1.44.